The molecule has 144 valence electrons. The fourth-order valence-electron chi connectivity index (χ4n) is 2.50. The van der Waals surface area contributed by atoms with Gasteiger partial charge in [-0.05, 0) is 30.2 Å². The van der Waals surface area contributed by atoms with Gasteiger partial charge in [-0.2, -0.15) is 0 Å². The number of hydrogen-bond acceptors (Lipinski definition) is 6. The zero-order chi connectivity index (χ0) is 19.9. The van der Waals surface area contributed by atoms with Crippen molar-refractivity contribution in [3.05, 3.63) is 70.7 Å². The van der Waals surface area contributed by atoms with Crippen LogP contribution in [0.1, 0.15) is 34.8 Å². The summed E-state index contributed by atoms with van der Waals surface area (Å²) in [7, 11) is 0. The largest absolute Gasteiger partial charge is 0.484 e. The monoisotopic (exact) mass is 395 g/mol. The lowest BCUT2D eigenvalue weighted by Crippen LogP contribution is -2.20. The molecule has 0 spiro atoms. The number of nitrogens with one attached hydrogen (secondary N) is 1. The Labute approximate surface area is 167 Å². The molecule has 3 rings (SSSR count). The number of ketones is 1. The molecule has 3 aromatic rings. The molecule has 0 saturated heterocycles. The number of anilines is 1. The van der Waals surface area contributed by atoms with Crippen LogP contribution in [0.4, 0.5) is 5.13 Å². The van der Waals surface area contributed by atoms with Gasteiger partial charge in [0, 0.05) is 17.5 Å². The van der Waals surface area contributed by atoms with Crippen LogP contribution in [0, 0.1) is 5.92 Å². The smallest absolute Gasteiger partial charge is 0.264 e. The van der Waals surface area contributed by atoms with Crippen molar-refractivity contribution < 1.29 is 14.3 Å². The first-order valence-corrected chi connectivity index (χ1v) is 9.78. The van der Waals surface area contributed by atoms with Crippen LogP contribution in [0.15, 0.2) is 54.6 Å². The number of carbonyl (C=O) groups is 2. The van der Waals surface area contributed by atoms with Crippen molar-refractivity contribution in [3.8, 4) is 5.75 Å². The predicted octanol–water partition coefficient (Wildman–Crippen LogP) is 3.99. The van der Waals surface area contributed by atoms with Crippen molar-refractivity contribution in [2.75, 3.05) is 11.9 Å². The van der Waals surface area contributed by atoms with Crippen LogP contribution in [-0.2, 0) is 11.2 Å². The number of amides is 1. The summed E-state index contributed by atoms with van der Waals surface area (Å²) in [5.74, 6) is 0.629. The van der Waals surface area contributed by atoms with Gasteiger partial charge in [-0.15, -0.1) is 10.2 Å². The number of benzene rings is 2. The third kappa shape index (κ3) is 5.47. The summed E-state index contributed by atoms with van der Waals surface area (Å²) in [5, 5.41) is 12.1. The van der Waals surface area contributed by atoms with Gasteiger partial charge in [0.25, 0.3) is 5.91 Å². The van der Waals surface area contributed by atoms with Crippen molar-refractivity contribution in [1.82, 2.24) is 10.2 Å². The Hall–Kier alpha value is -3.06. The SMILES string of the molecule is CC(C)Cc1nnc(NC(=O)COc2ccc(C(=O)c3ccccc3)cc2)s1. The normalized spacial score (nSPS) is 10.7. The van der Waals surface area contributed by atoms with Crippen LogP contribution in [0.5, 0.6) is 5.75 Å². The summed E-state index contributed by atoms with van der Waals surface area (Å²) in [6.45, 7) is 4.06. The summed E-state index contributed by atoms with van der Waals surface area (Å²) in [6.07, 6.45) is 0.831. The molecule has 0 aliphatic carbocycles. The molecule has 1 heterocycles. The van der Waals surface area contributed by atoms with Gasteiger partial charge >= 0.3 is 0 Å². The van der Waals surface area contributed by atoms with Gasteiger partial charge in [0.15, 0.2) is 12.4 Å². The van der Waals surface area contributed by atoms with Crippen LogP contribution in [0.25, 0.3) is 0 Å². The fourth-order valence-corrected chi connectivity index (χ4v) is 3.47. The molecule has 28 heavy (non-hydrogen) atoms. The predicted molar refractivity (Wildman–Crippen MR) is 109 cm³/mol. The first kappa shape index (κ1) is 19.7. The third-order valence-electron chi connectivity index (χ3n) is 3.82. The van der Waals surface area contributed by atoms with Crippen LogP contribution >= 0.6 is 11.3 Å². The van der Waals surface area contributed by atoms with Crippen molar-refractivity contribution >= 4 is 28.2 Å². The van der Waals surface area contributed by atoms with E-state index in [1.165, 1.54) is 11.3 Å². The molecule has 0 unspecified atom stereocenters. The molecule has 0 radical (unpaired) electrons. The molecule has 2 aromatic carbocycles. The van der Waals surface area contributed by atoms with Crippen molar-refractivity contribution in [3.63, 3.8) is 0 Å². The second-order valence-corrected chi connectivity index (χ2v) is 7.72. The molecule has 0 bridgehead atoms. The minimum absolute atomic E-state index is 0.0571. The van der Waals surface area contributed by atoms with E-state index < -0.39 is 0 Å². The Bertz CT molecular complexity index is 937. The van der Waals surface area contributed by atoms with Gasteiger partial charge in [0.2, 0.25) is 5.13 Å². The van der Waals surface area contributed by atoms with Crippen molar-refractivity contribution in [2.24, 2.45) is 5.92 Å². The van der Waals surface area contributed by atoms with E-state index in [0.29, 0.717) is 27.9 Å². The van der Waals surface area contributed by atoms with E-state index in [4.69, 9.17) is 4.74 Å². The number of hydrogen-bond donors (Lipinski definition) is 1. The van der Waals surface area contributed by atoms with Crippen LogP contribution in [0.3, 0.4) is 0 Å². The highest BCUT2D eigenvalue weighted by Gasteiger charge is 2.11. The average Bonchev–Trinajstić information content (AvgIpc) is 3.13. The molecular weight excluding hydrogens is 374 g/mol. The first-order valence-electron chi connectivity index (χ1n) is 8.96. The van der Waals surface area contributed by atoms with E-state index >= 15 is 0 Å². The fraction of sp³-hybridized carbons (Fsp3) is 0.238. The molecule has 1 aromatic heterocycles. The van der Waals surface area contributed by atoms with Crippen LogP contribution < -0.4 is 10.1 Å². The molecule has 0 saturated carbocycles. The van der Waals surface area contributed by atoms with Gasteiger partial charge in [0.05, 0.1) is 0 Å². The van der Waals surface area contributed by atoms with Gasteiger partial charge in [-0.25, -0.2) is 0 Å². The highest BCUT2D eigenvalue weighted by Crippen LogP contribution is 2.19. The quantitative estimate of drug-likeness (QED) is 0.584. The van der Waals surface area contributed by atoms with Gasteiger partial charge in [0.1, 0.15) is 10.8 Å². The zero-order valence-corrected chi connectivity index (χ0v) is 16.5. The lowest BCUT2D eigenvalue weighted by molar-refractivity contribution is -0.118. The number of aromatic nitrogens is 2. The number of ether oxygens (including phenoxy) is 1. The minimum Gasteiger partial charge on any atom is -0.484 e. The molecule has 0 aliphatic rings. The number of rotatable bonds is 8. The van der Waals surface area contributed by atoms with Gasteiger partial charge in [-0.1, -0.05) is 55.5 Å². The first-order chi connectivity index (χ1) is 13.5. The van der Waals surface area contributed by atoms with Crippen LogP contribution in [0.2, 0.25) is 0 Å². The topological polar surface area (TPSA) is 81.2 Å². The molecule has 1 N–H and O–H groups in total. The van der Waals surface area contributed by atoms with E-state index in [1.54, 1.807) is 36.4 Å². The van der Waals surface area contributed by atoms with Crippen LogP contribution in [-0.4, -0.2) is 28.5 Å². The molecule has 1 amide bonds. The van der Waals surface area contributed by atoms with E-state index in [9.17, 15) is 9.59 Å². The Kier molecular flexibility index (Phi) is 6.49. The van der Waals surface area contributed by atoms with E-state index in [2.05, 4.69) is 29.4 Å². The summed E-state index contributed by atoms with van der Waals surface area (Å²) < 4.78 is 5.48. The second-order valence-electron chi connectivity index (χ2n) is 6.66. The molecular formula is C21H21N3O3S. The average molecular weight is 395 g/mol. The van der Waals surface area contributed by atoms with Crippen molar-refractivity contribution in [2.45, 2.75) is 20.3 Å². The maximum absolute atomic E-state index is 12.4. The Balaban J connectivity index is 1.51. The lowest BCUT2D eigenvalue weighted by atomic mass is 10.0. The Morgan fingerprint density at radius 2 is 1.68 bits per heavy atom. The molecule has 0 aliphatic heterocycles. The molecule has 0 fully saturated rings. The zero-order valence-electron chi connectivity index (χ0n) is 15.7. The van der Waals surface area contributed by atoms with Crippen molar-refractivity contribution in [1.29, 1.82) is 0 Å². The molecule has 7 heteroatoms. The maximum Gasteiger partial charge on any atom is 0.264 e. The summed E-state index contributed by atoms with van der Waals surface area (Å²) >= 11 is 1.37. The highest BCUT2D eigenvalue weighted by molar-refractivity contribution is 7.15. The number of carbonyl (C=O) groups excluding carboxylic acids is 2. The minimum atomic E-state index is -0.309. The standard InChI is InChI=1S/C21H21N3O3S/c1-14(2)12-19-23-24-21(28-19)22-18(25)13-27-17-10-8-16(9-11-17)20(26)15-6-4-3-5-7-15/h3-11,14H,12-13H2,1-2H3,(H,22,24,25). The Morgan fingerprint density at radius 3 is 2.36 bits per heavy atom. The van der Waals surface area contributed by atoms with Gasteiger partial charge in [-0.3, -0.25) is 14.9 Å². The lowest BCUT2D eigenvalue weighted by Gasteiger charge is -2.07. The maximum atomic E-state index is 12.4. The molecule has 6 nitrogen and oxygen atoms in total. The Morgan fingerprint density at radius 1 is 1.00 bits per heavy atom. The summed E-state index contributed by atoms with van der Waals surface area (Å²) in [5.41, 5.74) is 1.19. The third-order valence-corrected chi connectivity index (χ3v) is 4.68. The summed E-state index contributed by atoms with van der Waals surface area (Å²) in [6, 6.07) is 15.8. The van der Waals surface area contributed by atoms with E-state index in [-0.39, 0.29) is 18.3 Å². The number of nitrogens with zero attached hydrogens (tertiary/aromatic N) is 2. The van der Waals surface area contributed by atoms with E-state index in [1.807, 2.05) is 18.2 Å². The molecule has 0 atom stereocenters. The summed E-state index contributed by atoms with van der Waals surface area (Å²) in [4.78, 5) is 24.4. The van der Waals surface area contributed by atoms with Gasteiger partial charge < -0.3 is 4.74 Å². The second kappa shape index (κ2) is 9.23. The van der Waals surface area contributed by atoms with E-state index in [0.717, 1.165) is 11.4 Å². The highest BCUT2D eigenvalue weighted by atomic mass is 32.1.